The molecule has 0 radical (unpaired) electrons. The Kier molecular flexibility index (Phi) is 2.48. The van der Waals surface area contributed by atoms with E-state index in [0.29, 0.717) is 5.91 Å². The molecule has 0 bridgehead atoms. The highest BCUT2D eigenvalue weighted by Crippen LogP contribution is 2.20. The van der Waals surface area contributed by atoms with Crippen molar-refractivity contribution >= 4 is 5.91 Å². The minimum atomic E-state index is 0.294. The summed E-state index contributed by atoms with van der Waals surface area (Å²) >= 11 is 0. The SMILES string of the molecule is O=C1CCCN1C=C1CC=CCC1. The molecule has 2 heteroatoms. The van der Waals surface area contributed by atoms with Crippen LogP contribution in [-0.4, -0.2) is 17.4 Å². The Labute approximate surface area is 78.9 Å². The van der Waals surface area contributed by atoms with Crippen LogP contribution in [0.15, 0.2) is 23.9 Å². The molecule has 1 amide bonds. The maximum Gasteiger partial charge on any atom is 0.226 e. The molecule has 0 aromatic heterocycles. The highest BCUT2D eigenvalue weighted by atomic mass is 16.2. The van der Waals surface area contributed by atoms with Gasteiger partial charge in [-0.25, -0.2) is 0 Å². The maximum absolute atomic E-state index is 11.3. The van der Waals surface area contributed by atoms with Crippen LogP contribution in [0.3, 0.4) is 0 Å². The number of likely N-dealkylation sites (tertiary alicyclic amines) is 1. The molecule has 70 valence electrons. The van der Waals surface area contributed by atoms with E-state index in [-0.39, 0.29) is 0 Å². The summed E-state index contributed by atoms with van der Waals surface area (Å²) in [5.41, 5.74) is 1.40. The van der Waals surface area contributed by atoms with Crippen molar-refractivity contribution in [3.8, 4) is 0 Å². The van der Waals surface area contributed by atoms with Gasteiger partial charge in [0.1, 0.15) is 0 Å². The lowest BCUT2D eigenvalue weighted by Crippen LogP contribution is -2.18. The lowest BCUT2D eigenvalue weighted by molar-refractivity contribution is -0.125. The molecule has 0 aromatic carbocycles. The summed E-state index contributed by atoms with van der Waals surface area (Å²) in [4.78, 5) is 13.2. The van der Waals surface area contributed by atoms with E-state index in [1.54, 1.807) is 0 Å². The zero-order valence-electron chi connectivity index (χ0n) is 7.83. The van der Waals surface area contributed by atoms with Crippen LogP contribution in [0.25, 0.3) is 0 Å². The van der Waals surface area contributed by atoms with Gasteiger partial charge in [0.15, 0.2) is 0 Å². The van der Waals surface area contributed by atoms with Gasteiger partial charge in [0.2, 0.25) is 5.91 Å². The summed E-state index contributed by atoms with van der Waals surface area (Å²) in [6, 6.07) is 0. The standard InChI is InChI=1S/C11H15NO/c13-11-7-4-8-12(11)9-10-5-2-1-3-6-10/h1-2,9H,3-8H2. The molecule has 2 nitrogen and oxygen atoms in total. The van der Waals surface area contributed by atoms with Gasteiger partial charge in [0, 0.05) is 19.2 Å². The molecule has 1 fully saturated rings. The summed E-state index contributed by atoms with van der Waals surface area (Å²) in [5.74, 6) is 0.294. The number of nitrogens with zero attached hydrogens (tertiary/aromatic N) is 1. The molecule has 2 aliphatic rings. The van der Waals surface area contributed by atoms with Crippen LogP contribution in [0, 0.1) is 0 Å². The van der Waals surface area contributed by atoms with Crippen molar-refractivity contribution in [1.29, 1.82) is 0 Å². The zero-order chi connectivity index (χ0) is 9.10. The molecule has 1 aliphatic carbocycles. The number of carbonyl (C=O) groups is 1. The molecule has 13 heavy (non-hydrogen) atoms. The number of rotatable bonds is 1. The lowest BCUT2D eigenvalue weighted by Gasteiger charge is -2.14. The van der Waals surface area contributed by atoms with Gasteiger partial charge in [-0.05, 0) is 31.3 Å². The third-order valence-corrected chi connectivity index (χ3v) is 2.63. The Balaban J connectivity index is 2.01. The summed E-state index contributed by atoms with van der Waals surface area (Å²) in [7, 11) is 0. The average molecular weight is 177 g/mol. The third-order valence-electron chi connectivity index (χ3n) is 2.63. The largest absolute Gasteiger partial charge is 0.319 e. The van der Waals surface area contributed by atoms with Crippen LogP contribution in [0.1, 0.15) is 32.1 Å². The van der Waals surface area contributed by atoms with Crippen molar-refractivity contribution < 1.29 is 4.79 Å². The number of amides is 1. The number of hydrogen-bond acceptors (Lipinski definition) is 1. The van der Waals surface area contributed by atoms with Gasteiger partial charge in [-0.2, -0.15) is 0 Å². The fourth-order valence-electron chi connectivity index (χ4n) is 1.87. The minimum Gasteiger partial charge on any atom is -0.319 e. The number of allylic oxidation sites excluding steroid dienone is 3. The van der Waals surface area contributed by atoms with Crippen LogP contribution < -0.4 is 0 Å². The van der Waals surface area contributed by atoms with E-state index in [4.69, 9.17) is 0 Å². The Hall–Kier alpha value is -1.05. The van der Waals surface area contributed by atoms with Gasteiger partial charge in [-0.15, -0.1) is 0 Å². The molecule has 0 unspecified atom stereocenters. The first-order valence-electron chi connectivity index (χ1n) is 5.00. The highest BCUT2D eigenvalue weighted by molar-refractivity contribution is 5.79. The maximum atomic E-state index is 11.3. The van der Waals surface area contributed by atoms with Crippen LogP contribution in [0.5, 0.6) is 0 Å². The Morgan fingerprint density at radius 3 is 2.85 bits per heavy atom. The first-order valence-corrected chi connectivity index (χ1v) is 5.00. The van der Waals surface area contributed by atoms with E-state index < -0.39 is 0 Å². The average Bonchev–Trinajstić information content (AvgIpc) is 2.54. The summed E-state index contributed by atoms with van der Waals surface area (Å²) in [5, 5.41) is 0. The Morgan fingerprint density at radius 1 is 1.31 bits per heavy atom. The molecule has 1 aliphatic heterocycles. The van der Waals surface area contributed by atoms with Gasteiger partial charge in [0.05, 0.1) is 0 Å². The van der Waals surface area contributed by atoms with Crippen molar-refractivity contribution in [2.45, 2.75) is 32.1 Å². The van der Waals surface area contributed by atoms with Gasteiger partial charge in [0.25, 0.3) is 0 Å². The predicted molar refractivity (Wildman–Crippen MR) is 52.0 cm³/mol. The van der Waals surface area contributed by atoms with E-state index in [0.717, 1.165) is 38.6 Å². The highest BCUT2D eigenvalue weighted by Gasteiger charge is 2.18. The van der Waals surface area contributed by atoms with Crippen molar-refractivity contribution in [2.75, 3.05) is 6.54 Å². The Bertz CT molecular complexity index is 265. The number of carbonyl (C=O) groups excluding carboxylic acids is 1. The minimum absolute atomic E-state index is 0.294. The fraction of sp³-hybridized carbons (Fsp3) is 0.545. The molecular formula is C11H15NO. The normalized spacial score (nSPS) is 26.0. The monoisotopic (exact) mass is 177 g/mol. The summed E-state index contributed by atoms with van der Waals surface area (Å²) < 4.78 is 0. The van der Waals surface area contributed by atoms with Gasteiger partial charge < -0.3 is 4.90 Å². The second-order valence-electron chi connectivity index (χ2n) is 3.69. The first kappa shape index (κ1) is 8.54. The summed E-state index contributed by atoms with van der Waals surface area (Å²) in [6.45, 7) is 0.923. The Morgan fingerprint density at radius 2 is 2.23 bits per heavy atom. The fourth-order valence-corrected chi connectivity index (χ4v) is 1.87. The smallest absolute Gasteiger partial charge is 0.226 e. The number of hydrogen-bond donors (Lipinski definition) is 0. The molecule has 0 N–H and O–H groups in total. The predicted octanol–water partition coefficient (Wildman–Crippen LogP) is 2.23. The van der Waals surface area contributed by atoms with Gasteiger partial charge in [-0.3, -0.25) is 4.79 Å². The molecule has 1 saturated heterocycles. The quantitative estimate of drug-likeness (QED) is 0.562. The van der Waals surface area contributed by atoms with Gasteiger partial charge >= 0.3 is 0 Å². The van der Waals surface area contributed by atoms with Crippen LogP contribution >= 0.6 is 0 Å². The van der Waals surface area contributed by atoms with Crippen molar-refractivity contribution in [2.24, 2.45) is 0 Å². The van der Waals surface area contributed by atoms with Crippen molar-refractivity contribution in [1.82, 2.24) is 4.90 Å². The molecule has 0 aromatic rings. The van der Waals surface area contributed by atoms with Crippen molar-refractivity contribution in [3.63, 3.8) is 0 Å². The summed E-state index contributed by atoms with van der Waals surface area (Å²) in [6.07, 6.45) is 11.5. The molecular weight excluding hydrogens is 162 g/mol. The first-order chi connectivity index (χ1) is 6.36. The third kappa shape index (κ3) is 2.00. The van der Waals surface area contributed by atoms with E-state index in [1.165, 1.54) is 5.57 Å². The van der Waals surface area contributed by atoms with Crippen LogP contribution in [0.4, 0.5) is 0 Å². The van der Waals surface area contributed by atoms with E-state index in [9.17, 15) is 4.79 Å². The topological polar surface area (TPSA) is 20.3 Å². The van der Waals surface area contributed by atoms with E-state index in [1.807, 2.05) is 4.90 Å². The van der Waals surface area contributed by atoms with Crippen LogP contribution in [0.2, 0.25) is 0 Å². The second kappa shape index (κ2) is 3.77. The van der Waals surface area contributed by atoms with Crippen molar-refractivity contribution in [3.05, 3.63) is 23.9 Å². The van der Waals surface area contributed by atoms with Crippen LogP contribution in [-0.2, 0) is 4.79 Å². The van der Waals surface area contributed by atoms with Gasteiger partial charge in [-0.1, -0.05) is 12.2 Å². The van der Waals surface area contributed by atoms with E-state index in [2.05, 4.69) is 18.4 Å². The zero-order valence-corrected chi connectivity index (χ0v) is 7.83. The lowest BCUT2D eigenvalue weighted by atomic mass is 10.0. The van der Waals surface area contributed by atoms with E-state index >= 15 is 0 Å². The molecule has 1 heterocycles. The molecule has 0 spiro atoms. The molecule has 0 saturated carbocycles. The molecule has 0 atom stereocenters. The second-order valence-corrected chi connectivity index (χ2v) is 3.69. The molecule has 2 rings (SSSR count).